The zero-order valence-electron chi connectivity index (χ0n) is 19.2. The first-order valence-corrected chi connectivity index (χ1v) is 10.4. The number of ether oxygens (including phenoxy) is 3. The summed E-state index contributed by atoms with van der Waals surface area (Å²) in [6.45, 7) is 6.77. The molecule has 1 aliphatic heterocycles. The Morgan fingerprint density at radius 1 is 1.28 bits per heavy atom. The molecule has 0 unspecified atom stereocenters. The van der Waals surface area contributed by atoms with Crippen LogP contribution in [0.5, 0.6) is 5.75 Å². The van der Waals surface area contributed by atoms with Gasteiger partial charge in [0.2, 0.25) is 0 Å². The molecule has 0 aromatic heterocycles. The van der Waals surface area contributed by atoms with Gasteiger partial charge < -0.3 is 29.7 Å². The molecule has 11 nitrogen and oxygen atoms in total. The predicted molar refractivity (Wildman–Crippen MR) is 118 cm³/mol. The Morgan fingerprint density at radius 2 is 2.00 bits per heavy atom. The Morgan fingerprint density at radius 3 is 2.59 bits per heavy atom. The quantitative estimate of drug-likeness (QED) is 0.350. The number of nitro groups is 1. The van der Waals surface area contributed by atoms with Crippen molar-refractivity contribution in [1.29, 1.82) is 0 Å². The average Bonchev–Trinajstić information content (AvgIpc) is 2.71. The van der Waals surface area contributed by atoms with Crippen molar-refractivity contribution < 1.29 is 28.7 Å². The SMILES string of the molecule is COCCNc1c(OC)cc(C(=O)N2CCC[C@@H](NC(=O)OC(C)(C)C)C2)cc1[N+](=O)[O-]. The maximum atomic E-state index is 13.1. The molecule has 2 rings (SSSR count). The van der Waals surface area contributed by atoms with E-state index in [9.17, 15) is 19.7 Å². The molecule has 1 saturated heterocycles. The van der Waals surface area contributed by atoms with Crippen LogP contribution in [0.1, 0.15) is 44.0 Å². The number of anilines is 1. The number of carbonyl (C=O) groups is 2. The van der Waals surface area contributed by atoms with Crippen LogP contribution in [0.15, 0.2) is 12.1 Å². The van der Waals surface area contributed by atoms with Crippen LogP contribution in [0.25, 0.3) is 0 Å². The lowest BCUT2D eigenvalue weighted by molar-refractivity contribution is -0.384. The number of amides is 2. The van der Waals surface area contributed by atoms with Crippen LogP contribution in [0, 0.1) is 10.1 Å². The molecule has 2 amide bonds. The molecule has 11 heteroatoms. The Kier molecular flexibility index (Phi) is 8.64. The summed E-state index contributed by atoms with van der Waals surface area (Å²) in [7, 11) is 2.91. The third-order valence-corrected chi connectivity index (χ3v) is 4.78. The molecule has 0 saturated carbocycles. The van der Waals surface area contributed by atoms with Gasteiger partial charge in [-0.2, -0.15) is 0 Å². The number of alkyl carbamates (subject to hydrolysis) is 1. The van der Waals surface area contributed by atoms with E-state index in [1.54, 1.807) is 25.7 Å². The zero-order valence-corrected chi connectivity index (χ0v) is 19.2. The summed E-state index contributed by atoms with van der Waals surface area (Å²) in [6, 6.07) is 2.45. The highest BCUT2D eigenvalue weighted by atomic mass is 16.6. The van der Waals surface area contributed by atoms with Crippen LogP contribution >= 0.6 is 0 Å². The Hall–Kier alpha value is -3.08. The molecule has 1 aliphatic rings. The first kappa shape index (κ1) is 25.2. The van der Waals surface area contributed by atoms with Gasteiger partial charge in [-0.15, -0.1) is 0 Å². The summed E-state index contributed by atoms with van der Waals surface area (Å²) in [5.74, 6) is -0.176. The molecular weight excluding hydrogens is 420 g/mol. The number of hydrogen-bond donors (Lipinski definition) is 2. The van der Waals surface area contributed by atoms with Gasteiger partial charge >= 0.3 is 6.09 Å². The summed E-state index contributed by atoms with van der Waals surface area (Å²) >= 11 is 0. The summed E-state index contributed by atoms with van der Waals surface area (Å²) in [4.78, 5) is 37.9. The number of nitrogens with zero attached hydrogens (tertiary/aromatic N) is 2. The van der Waals surface area contributed by atoms with Crippen LogP contribution in [0.4, 0.5) is 16.2 Å². The fraction of sp³-hybridized carbons (Fsp3) is 0.619. The van der Waals surface area contributed by atoms with Crippen LogP contribution < -0.4 is 15.4 Å². The molecule has 1 atom stereocenters. The number of methoxy groups -OCH3 is 2. The maximum Gasteiger partial charge on any atom is 0.407 e. The van der Waals surface area contributed by atoms with E-state index < -0.39 is 16.6 Å². The van der Waals surface area contributed by atoms with Crippen LogP contribution in [0.3, 0.4) is 0 Å². The van der Waals surface area contributed by atoms with Gasteiger partial charge in [-0.25, -0.2) is 4.79 Å². The van der Waals surface area contributed by atoms with Gasteiger partial charge in [-0.05, 0) is 39.7 Å². The molecular formula is C21H32N4O7. The highest BCUT2D eigenvalue weighted by molar-refractivity contribution is 5.97. The van der Waals surface area contributed by atoms with Crippen molar-refractivity contribution >= 4 is 23.4 Å². The smallest absolute Gasteiger partial charge is 0.407 e. The Bertz CT molecular complexity index is 838. The number of nitro benzene ring substituents is 1. The third-order valence-electron chi connectivity index (χ3n) is 4.78. The second kappa shape index (κ2) is 11.0. The number of piperidine rings is 1. The van der Waals surface area contributed by atoms with Crippen molar-refractivity contribution in [3.05, 3.63) is 27.8 Å². The molecule has 178 valence electrons. The number of carbonyl (C=O) groups excluding carboxylic acids is 2. The van der Waals surface area contributed by atoms with Crippen LogP contribution in [-0.2, 0) is 9.47 Å². The minimum Gasteiger partial charge on any atom is -0.494 e. The van der Waals surface area contributed by atoms with Gasteiger partial charge in [0.15, 0.2) is 5.69 Å². The van der Waals surface area contributed by atoms with Crippen molar-refractivity contribution in [3.8, 4) is 5.75 Å². The van der Waals surface area contributed by atoms with E-state index >= 15 is 0 Å². The van der Waals surface area contributed by atoms with E-state index in [-0.39, 0.29) is 41.2 Å². The lowest BCUT2D eigenvalue weighted by Gasteiger charge is -2.33. The predicted octanol–water partition coefficient (Wildman–Crippen LogP) is 2.79. The number of nitrogens with one attached hydrogen (secondary N) is 2. The fourth-order valence-electron chi connectivity index (χ4n) is 3.42. The Balaban J connectivity index is 2.19. The second-order valence-corrected chi connectivity index (χ2v) is 8.49. The van der Waals surface area contributed by atoms with E-state index in [0.717, 1.165) is 0 Å². The molecule has 0 bridgehead atoms. The van der Waals surface area contributed by atoms with E-state index in [4.69, 9.17) is 14.2 Å². The fourth-order valence-corrected chi connectivity index (χ4v) is 3.42. The molecule has 1 heterocycles. The second-order valence-electron chi connectivity index (χ2n) is 8.49. The van der Waals surface area contributed by atoms with Gasteiger partial charge in [0.25, 0.3) is 11.6 Å². The summed E-state index contributed by atoms with van der Waals surface area (Å²) < 4.78 is 15.6. The first-order chi connectivity index (χ1) is 15.1. The van der Waals surface area contributed by atoms with Crippen molar-refractivity contribution in [2.45, 2.75) is 45.3 Å². The van der Waals surface area contributed by atoms with Gasteiger partial charge in [-0.1, -0.05) is 0 Å². The summed E-state index contributed by atoms with van der Waals surface area (Å²) in [6.07, 6.45) is 0.845. The van der Waals surface area contributed by atoms with Crippen molar-refractivity contribution in [2.75, 3.05) is 45.8 Å². The monoisotopic (exact) mass is 452 g/mol. The van der Waals surface area contributed by atoms with E-state index in [2.05, 4.69) is 10.6 Å². The lowest BCUT2D eigenvalue weighted by atomic mass is 10.0. The largest absolute Gasteiger partial charge is 0.494 e. The molecule has 0 spiro atoms. The van der Waals surface area contributed by atoms with E-state index in [1.807, 2.05) is 0 Å². The highest BCUT2D eigenvalue weighted by Crippen LogP contribution is 2.36. The van der Waals surface area contributed by atoms with E-state index in [1.165, 1.54) is 26.4 Å². The van der Waals surface area contributed by atoms with Gasteiger partial charge in [0.05, 0.1) is 24.2 Å². The van der Waals surface area contributed by atoms with Gasteiger partial charge in [-0.3, -0.25) is 14.9 Å². The molecule has 1 aromatic carbocycles. The Labute approximate surface area is 187 Å². The number of rotatable bonds is 8. The average molecular weight is 453 g/mol. The number of benzene rings is 1. The maximum absolute atomic E-state index is 13.1. The minimum atomic E-state index is -0.622. The summed E-state index contributed by atoms with van der Waals surface area (Å²) in [5, 5.41) is 17.4. The molecule has 0 aliphatic carbocycles. The van der Waals surface area contributed by atoms with Gasteiger partial charge in [0.1, 0.15) is 11.4 Å². The van der Waals surface area contributed by atoms with Crippen molar-refractivity contribution in [2.24, 2.45) is 0 Å². The minimum absolute atomic E-state index is 0.142. The van der Waals surface area contributed by atoms with Crippen LogP contribution in [0.2, 0.25) is 0 Å². The number of likely N-dealkylation sites (tertiary alicyclic amines) is 1. The number of hydrogen-bond acceptors (Lipinski definition) is 8. The third kappa shape index (κ3) is 6.98. The molecule has 1 aromatic rings. The standard InChI is InChI=1S/C21H32N4O7/c1-21(2,3)32-20(27)23-15-7-6-9-24(13-15)19(26)14-11-16(25(28)29)18(17(12-14)31-5)22-8-10-30-4/h11-12,15,22H,6-10,13H2,1-5H3,(H,23,27)/t15-/m1/s1. The van der Waals surface area contributed by atoms with Crippen LogP contribution in [-0.4, -0.2) is 73.9 Å². The molecule has 32 heavy (non-hydrogen) atoms. The summed E-state index contributed by atoms with van der Waals surface area (Å²) in [5.41, 5.74) is -0.551. The molecule has 0 radical (unpaired) electrons. The van der Waals surface area contributed by atoms with Gasteiger partial charge in [0, 0.05) is 38.9 Å². The molecule has 2 N–H and O–H groups in total. The zero-order chi connectivity index (χ0) is 23.9. The molecule has 1 fully saturated rings. The highest BCUT2D eigenvalue weighted by Gasteiger charge is 2.29. The lowest BCUT2D eigenvalue weighted by Crippen LogP contribution is -2.50. The van der Waals surface area contributed by atoms with E-state index in [0.29, 0.717) is 32.5 Å². The van der Waals surface area contributed by atoms with Crippen molar-refractivity contribution in [3.63, 3.8) is 0 Å². The first-order valence-electron chi connectivity index (χ1n) is 10.4. The van der Waals surface area contributed by atoms with Crippen molar-refractivity contribution in [1.82, 2.24) is 10.2 Å². The topological polar surface area (TPSA) is 132 Å². The normalized spacial score (nSPS) is 16.3.